The van der Waals surface area contributed by atoms with E-state index in [9.17, 15) is 12.8 Å². The molecule has 6 heteroatoms. The zero-order chi connectivity index (χ0) is 14.8. The summed E-state index contributed by atoms with van der Waals surface area (Å²) in [6, 6.07) is 4.06. The van der Waals surface area contributed by atoms with Gasteiger partial charge in [0.15, 0.2) is 0 Å². The van der Waals surface area contributed by atoms with E-state index in [4.69, 9.17) is 11.6 Å². The molecule has 0 amide bonds. The summed E-state index contributed by atoms with van der Waals surface area (Å²) < 4.78 is 40.8. The summed E-state index contributed by atoms with van der Waals surface area (Å²) in [5, 5.41) is 0. The molecular formula is C14H19ClFNO2S. The Morgan fingerprint density at radius 2 is 2.15 bits per heavy atom. The van der Waals surface area contributed by atoms with Gasteiger partial charge < -0.3 is 0 Å². The lowest BCUT2D eigenvalue weighted by molar-refractivity contribution is 0.246. The standard InChI is InChI=1S/C14H19ClFNO2S/c1-2-12-5-3-4-8-17(12)20(18,19)14-7-6-11(10-15)9-13(14)16/h6-7,9,12H,2-5,8,10H2,1H3. The van der Waals surface area contributed by atoms with E-state index in [-0.39, 0.29) is 16.8 Å². The topological polar surface area (TPSA) is 37.4 Å². The number of sulfonamides is 1. The summed E-state index contributed by atoms with van der Waals surface area (Å²) in [4.78, 5) is -0.244. The first-order chi connectivity index (χ1) is 9.50. The summed E-state index contributed by atoms with van der Waals surface area (Å²) in [7, 11) is -3.76. The summed E-state index contributed by atoms with van der Waals surface area (Å²) in [6.45, 7) is 2.43. The quantitative estimate of drug-likeness (QED) is 0.796. The molecule has 1 aliphatic heterocycles. The predicted molar refractivity (Wildman–Crippen MR) is 77.8 cm³/mol. The maximum Gasteiger partial charge on any atom is 0.246 e. The minimum atomic E-state index is -3.76. The number of benzene rings is 1. The van der Waals surface area contributed by atoms with Crippen LogP contribution in [0.1, 0.15) is 38.2 Å². The van der Waals surface area contributed by atoms with E-state index >= 15 is 0 Å². The molecule has 0 bridgehead atoms. The van der Waals surface area contributed by atoms with Crippen LogP contribution in [-0.2, 0) is 15.9 Å². The molecule has 2 rings (SSSR count). The number of alkyl halides is 1. The largest absolute Gasteiger partial charge is 0.246 e. The first-order valence-corrected chi connectivity index (χ1v) is 8.84. The van der Waals surface area contributed by atoms with Gasteiger partial charge in [-0.3, -0.25) is 0 Å². The monoisotopic (exact) mass is 319 g/mol. The zero-order valence-corrected chi connectivity index (χ0v) is 13.1. The van der Waals surface area contributed by atoms with Crippen molar-refractivity contribution < 1.29 is 12.8 Å². The van der Waals surface area contributed by atoms with Gasteiger partial charge in [-0.2, -0.15) is 4.31 Å². The molecule has 0 N–H and O–H groups in total. The average molecular weight is 320 g/mol. The third-order valence-electron chi connectivity index (χ3n) is 3.78. The molecule has 0 spiro atoms. The van der Waals surface area contributed by atoms with E-state index in [1.807, 2.05) is 6.92 Å². The molecule has 20 heavy (non-hydrogen) atoms. The fraction of sp³-hybridized carbons (Fsp3) is 0.571. The lowest BCUT2D eigenvalue weighted by atomic mass is 10.0. The Kier molecular flexibility index (Phi) is 5.04. The number of piperidine rings is 1. The number of halogens is 2. The first-order valence-electron chi connectivity index (χ1n) is 6.87. The zero-order valence-electron chi connectivity index (χ0n) is 11.5. The highest BCUT2D eigenvalue weighted by atomic mass is 35.5. The smallest absolute Gasteiger partial charge is 0.207 e. The number of hydrogen-bond donors (Lipinski definition) is 0. The highest BCUT2D eigenvalue weighted by Crippen LogP contribution is 2.28. The van der Waals surface area contributed by atoms with Crippen molar-refractivity contribution in [3.63, 3.8) is 0 Å². The molecular weight excluding hydrogens is 301 g/mol. The molecule has 0 radical (unpaired) electrons. The molecule has 1 unspecified atom stereocenters. The molecule has 1 aliphatic rings. The summed E-state index contributed by atoms with van der Waals surface area (Å²) in [6.07, 6.45) is 3.45. The molecule has 1 atom stereocenters. The maximum atomic E-state index is 14.1. The fourth-order valence-electron chi connectivity index (χ4n) is 2.66. The molecule has 1 fully saturated rings. The van der Waals surface area contributed by atoms with Crippen molar-refractivity contribution in [2.24, 2.45) is 0 Å². The third kappa shape index (κ3) is 3.00. The van der Waals surface area contributed by atoms with Crippen molar-refractivity contribution >= 4 is 21.6 Å². The molecule has 0 aliphatic carbocycles. The summed E-state index contributed by atoms with van der Waals surface area (Å²) in [5.74, 6) is -0.554. The normalized spacial score (nSPS) is 21.1. The van der Waals surface area contributed by atoms with E-state index in [1.54, 1.807) is 6.07 Å². The average Bonchev–Trinajstić information content (AvgIpc) is 2.46. The fourth-order valence-corrected chi connectivity index (χ4v) is 4.64. The van der Waals surface area contributed by atoms with Crippen molar-refractivity contribution in [3.05, 3.63) is 29.6 Å². The van der Waals surface area contributed by atoms with Gasteiger partial charge in [0, 0.05) is 18.5 Å². The van der Waals surface area contributed by atoms with Crippen molar-refractivity contribution in [2.75, 3.05) is 6.54 Å². The van der Waals surface area contributed by atoms with Crippen LogP contribution in [0.5, 0.6) is 0 Å². The lowest BCUT2D eigenvalue weighted by Crippen LogP contribution is -2.43. The molecule has 1 aromatic rings. The van der Waals surface area contributed by atoms with Crippen LogP contribution in [-0.4, -0.2) is 25.3 Å². The first kappa shape index (κ1) is 15.7. The van der Waals surface area contributed by atoms with Crippen molar-refractivity contribution in [1.29, 1.82) is 0 Å². The Morgan fingerprint density at radius 1 is 1.40 bits per heavy atom. The second-order valence-corrected chi connectivity index (χ2v) is 7.20. The van der Waals surface area contributed by atoms with Crippen LogP contribution in [0.2, 0.25) is 0 Å². The van der Waals surface area contributed by atoms with Crippen LogP contribution in [0.25, 0.3) is 0 Å². The van der Waals surface area contributed by atoms with Crippen LogP contribution >= 0.6 is 11.6 Å². The minimum Gasteiger partial charge on any atom is -0.207 e. The molecule has 1 aromatic carbocycles. The van der Waals surface area contributed by atoms with Gasteiger partial charge >= 0.3 is 0 Å². The van der Waals surface area contributed by atoms with Crippen molar-refractivity contribution in [1.82, 2.24) is 4.31 Å². The van der Waals surface area contributed by atoms with Gasteiger partial charge in [-0.1, -0.05) is 19.4 Å². The van der Waals surface area contributed by atoms with E-state index in [2.05, 4.69) is 0 Å². The van der Waals surface area contributed by atoms with Gasteiger partial charge in [0.1, 0.15) is 10.7 Å². The number of hydrogen-bond acceptors (Lipinski definition) is 2. The van der Waals surface area contributed by atoms with Gasteiger partial charge in [0.05, 0.1) is 0 Å². The van der Waals surface area contributed by atoms with Crippen molar-refractivity contribution in [2.45, 2.75) is 49.4 Å². The summed E-state index contributed by atoms with van der Waals surface area (Å²) >= 11 is 5.63. The molecule has 0 saturated carbocycles. The Hall–Kier alpha value is -0.650. The third-order valence-corrected chi connectivity index (χ3v) is 6.08. The molecule has 1 heterocycles. The maximum absolute atomic E-state index is 14.1. The van der Waals surface area contributed by atoms with E-state index in [0.29, 0.717) is 12.1 Å². The Morgan fingerprint density at radius 3 is 2.75 bits per heavy atom. The molecule has 0 aromatic heterocycles. The molecule has 1 saturated heterocycles. The van der Waals surface area contributed by atoms with Crippen molar-refractivity contribution in [3.8, 4) is 0 Å². The predicted octanol–water partition coefficient (Wildman–Crippen LogP) is 3.52. The van der Waals surface area contributed by atoms with E-state index < -0.39 is 15.8 Å². The van der Waals surface area contributed by atoms with Gasteiger partial charge in [-0.25, -0.2) is 12.8 Å². The van der Waals surface area contributed by atoms with E-state index in [1.165, 1.54) is 16.4 Å². The van der Waals surface area contributed by atoms with Crippen LogP contribution in [0.3, 0.4) is 0 Å². The molecule has 112 valence electrons. The van der Waals surface area contributed by atoms with Crippen LogP contribution < -0.4 is 0 Å². The number of rotatable bonds is 4. The van der Waals surface area contributed by atoms with Gasteiger partial charge in [-0.15, -0.1) is 11.6 Å². The highest BCUT2D eigenvalue weighted by molar-refractivity contribution is 7.89. The molecule has 3 nitrogen and oxygen atoms in total. The van der Waals surface area contributed by atoms with Crippen LogP contribution in [0.4, 0.5) is 4.39 Å². The van der Waals surface area contributed by atoms with Crippen LogP contribution in [0, 0.1) is 5.82 Å². The second kappa shape index (κ2) is 6.41. The number of nitrogens with zero attached hydrogens (tertiary/aromatic N) is 1. The Bertz CT molecular complexity index is 577. The summed E-state index contributed by atoms with van der Waals surface area (Å²) in [5.41, 5.74) is 0.578. The minimum absolute atomic E-state index is 0.0270. The highest BCUT2D eigenvalue weighted by Gasteiger charge is 2.34. The second-order valence-electron chi connectivity index (χ2n) is 5.07. The van der Waals surface area contributed by atoms with Gasteiger partial charge in [0.2, 0.25) is 10.0 Å². The SMILES string of the molecule is CCC1CCCCN1S(=O)(=O)c1ccc(CCl)cc1F. The lowest BCUT2D eigenvalue weighted by Gasteiger charge is -2.34. The van der Waals surface area contributed by atoms with Crippen LogP contribution in [0.15, 0.2) is 23.1 Å². The van der Waals surface area contributed by atoms with Gasteiger partial charge in [0.25, 0.3) is 0 Å². The van der Waals surface area contributed by atoms with E-state index in [0.717, 1.165) is 25.7 Å². The van der Waals surface area contributed by atoms with Gasteiger partial charge in [-0.05, 0) is 37.0 Å². The Labute approximate surface area is 124 Å². The Balaban J connectivity index is 2.38.